The zero-order chi connectivity index (χ0) is 40.4. The fourth-order valence-electron chi connectivity index (χ4n) is 6.72. The zero-order valence-electron chi connectivity index (χ0n) is 35.4. The molecule has 6 atom stereocenters. The van der Waals surface area contributed by atoms with Crippen LogP contribution in [0.4, 0.5) is 0 Å². The monoisotopic (exact) mass is 802 g/mol. The lowest BCUT2D eigenvalue weighted by molar-refractivity contribution is -0.269. The highest BCUT2D eigenvalue weighted by atomic mass is 31.2. The summed E-state index contributed by atoms with van der Waals surface area (Å²) >= 11 is 0. The summed E-state index contributed by atoms with van der Waals surface area (Å²) in [6, 6.07) is -0.789. The van der Waals surface area contributed by atoms with Gasteiger partial charge in [-0.1, -0.05) is 122 Å². The molecule has 1 amide bonds. The van der Waals surface area contributed by atoms with Gasteiger partial charge in [-0.15, -0.1) is 13.2 Å². The second kappa shape index (κ2) is 34.6. The number of amides is 1. The van der Waals surface area contributed by atoms with Gasteiger partial charge in [0.15, 0.2) is 6.29 Å². The van der Waals surface area contributed by atoms with Crippen LogP contribution in [0.15, 0.2) is 37.5 Å². The normalized spacial score (nSPS) is 20.9. The Morgan fingerprint density at radius 3 is 1.89 bits per heavy atom. The first kappa shape index (κ1) is 51.6. The van der Waals surface area contributed by atoms with Crippen LogP contribution in [-0.4, -0.2) is 90.4 Å². The lowest BCUT2D eigenvalue weighted by atomic mass is 9.96. The van der Waals surface area contributed by atoms with Crippen LogP contribution < -0.4 is 5.32 Å². The number of ether oxygens (including phenoxy) is 5. The molecule has 0 radical (unpaired) electrons. The number of rotatable bonds is 38. The number of carbonyl (C=O) groups excluding carboxylic acids is 1. The average molecular weight is 802 g/mol. The van der Waals surface area contributed by atoms with E-state index in [0.717, 1.165) is 44.9 Å². The predicted molar refractivity (Wildman–Crippen MR) is 222 cm³/mol. The average Bonchev–Trinajstić information content (AvgIpc) is 3.18. The Morgan fingerprint density at radius 1 is 0.764 bits per heavy atom. The molecular weight excluding hydrogens is 721 g/mol. The Bertz CT molecular complexity index is 1010. The first-order valence-corrected chi connectivity index (χ1v) is 22.8. The smallest absolute Gasteiger partial charge is 0.382 e. The van der Waals surface area contributed by atoms with Crippen molar-refractivity contribution in [2.24, 2.45) is 0 Å². The van der Waals surface area contributed by atoms with E-state index in [1.54, 1.807) is 7.11 Å². The molecule has 1 saturated heterocycles. The third kappa shape index (κ3) is 24.2. The van der Waals surface area contributed by atoms with Crippen molar-refractivity contribution in [2.45, 2.75) is 185 Å². The van der Waals surface area contributed by atoms with Gasteiger partial charge in [0.1, 0.15) is 24.4 Å². The summed E-state index contributed by atoms with van der Waals surface area (Å²) in [5.74, 6) is -0.148. The second-order valence-electron chi connectivity index (χ2n) is 14.5. The van der Waals surface area contributed by atoms with E-state index in [1.807, 2.05) is 0 Å². The van der Waals surface area contributed by atoms with Crippen molar-refractivity contribution in [3.8, 4) is 0 Å². The molecule has 322 valence electrons. The van der Waals surface area contributed by atoms with Gasteiger partial charge in [0.25, 0.3) is 0 Å². The Kier molecular flexibility index (Phi) is 32.5. The van der Waals surface area contributed by atoms with E-state index in [9.17, 15) is 9.36 Å². The second-order valence-corrected chi connectivity index (χ2v) is 16.2. The van der Waals surface area contributed by atoms with E-state index in [0.29, 0.717) is 19.4 Å². The molecule has 12 heteroatoms. The maximum Gasteiger partial charge on any atom is 0.475 e. The van der Waals surface area contributed by atoms with Crippen molar-refractivity contribution < 1.29 is 46.6 Å². The molecule has 0 aromatic carbocycles. The molecule has 1 fully saturated rings. The van der Waals surface area contributed by atoms with Crippen LogP contribution in [0, 0.1) is 0 Å². The van der Waals surface area contributed by atoms with Crippen molar-refractivity contribution in [1.29, 1.82) is 0 Å². The topological polar surface area (TPSA) is 120 Å². The summed E-state index contributed by atoms with van der Waals surface area (Å²) in [7, 11) is 0.592. The maximum absolute atomic E-state index is 13.9. The molecule has 1 N–H and O–H groups in total. The summed E-state index contributed by atoms with van der Waals surface area (Å²) in [5, 5.41) is 3.11. The fourth-order valence-corrected chi connectivity index (χ4v) is 8.05. The number of hydrogen-bond donors (Lipinski definition) is 1. The molecule has 0 aromatic rings. The zero-order valence-corrected chi connectivity index (χ0v) is 36.3. The molecule has 0 aromatic heterocycles. The minimum Gasteiger partial charge on any atom is -0.382 e. The maximum atomic E-state index is 13.9. The number of phosphoric ester groups is 1. The molecule has 1 heterocycles. The third-order valence-electron chi connectivity index (χ3n) is 9.87. The van der Waals surface area contributed by atoms with Crippen LogP contribution in [0.2, 0.25) is 0 Å². The summed E-state index contributed by atoms with van der Waals surface area (Å²) < 4.78 is 61.1. The first-order valence-electron chi connectivity index (χ1n) is 21.4. The van der Waals surface area contributed by atoms with Gasteiger partial charge < -0.3 is 29.0 Å². The molecule has 55 heavy (non-hydrogen) atoms. The van der Waals surface area contributed by atoms with Crippen LogP contribution in [0.25, 0.3) is 0 Å². The Hall–Kier alpha value is -1.40. The SMILES string of the molecule is C=CCOP(=O)(OCC=C)OC1C(COC)OC(OC)[C@H](NC(=O)CCCCCCCCC/C=C\CCCCCC)C1OCCC(CCCCCCC)OC. The highest BCUT2D eigenvalue weighted by Gasteiger charge is 2.51. The highest BCUT2D eigenvalue weighted by molar-refractivity contribution is 7.48. The van der Waals surface area contributed by atoms with Crippen LogP contribution in [0.1, 0.15) is 149 Å². The van der Waals surface area contributed by atoms with Gasteiger partial charge in [-0.2, -0.15) is 0 Å². The third-order valence-corrected chi connectivity index (χ3v) is 11.3. The lowest BCUT2D eigenvalue weighted by Crippen LogP contribution is -2.66. The summed E-state index contributed by atoms with van der Waals surface area (Å²) in [6.45, 7) is 12.0. The molecule has 11 nitrogen and oxygen atoms in total. The van der Waals surface area contributed by atoms with Crippen molar-refractivity contribution in [3.05, 3.63) is 37.5 Å². The number of unbranched alkanes of at least 4 members (excludes halogenated alkanes) is 15. The Morgan fingerprint density at radius 2 is 1.33 bits per heavy atom. The minimum absolute atomic E-state index is 0.00163. The Labute approximate surface area is 335 Å². The first-order chi connectivity index (χ1) is 26.8. The van der Waals surface area contributed by atoms with Gasteiger partial charge in [0, 0.05) is 34.4 Å². The van der Waals surface area contributed by atoms with E-state index in [-0.39, 0.29) is 31.8 Å². The van der Waals surface area contributed by atoms with Crippen molar-refractivity contribution in [3.63, 3.8) is 0 Å². The van der Waals surface area contributed by atoms with Crippen molar-refractivity contribution in [1.82, 2.24) is 5.32 Å². The molecule has 0 spiro atoms. The summed E-state index contributed by atoms with van der Waals surface area (Å²) in [5.41, 5.74) is 0. The summed E-state index contributed by atoms with van der Waals surface area (Å²) in [6.07, 6.45) is 27.2. The molecule has 1 rings (SSSR count). The minimum atomic E-state index is -4.18. The van der Waals surface area contributed by atoms with Gasteiger partial charge in [-0.05, 0) is 44.9 Å². The quantitative estimate of drug-likeness (QED) is 0.0367. The molecule has 1 aliphatic heterocycles. The van der Waals surface area contributed by atoms with Crippen molar-refractivity contribution in [2.75, 3.05) is 47.8 Å². The molecule has 0 saturated carbocycles. The molecule has 5 unspecified atom stereocenters. The lowest BCUT2D eigenvalue weighted by Gasteiger charge is -2.46. The number of methoxy groups -OCH3 is 3. The van der Waals surface area contributed by atoms with Gasteiger partial charge in [0.05, 0.1) is 25.9 Å². The standard InChI is InChI=1S/C43H80NO10P/c1-8-12-14-16-17-18-19-20-21-22-23-24-25-27-29-31-39(45)44-40-42(50-35-32-37(48-6)30-28-26-15-13-9-2)41(38(36-47-5)53-43(40)49-7)54-55(46,51-33-10-3)52-34-11-4/h10-11,18-19,37-38,40-43H,3-4,8-9,12-17,20-36H2,1-2,5-7H3,(H,44,45)/b19-18-/t37?,38?,40-,41?,42?,43?/m1/s1. The fraction of sp³-hybridized carbons (Fsp3) is 0.837. The van der Waals surface area contributed by atoms with E-state index >= 15 is 0 Å². The number of allylic oxidation sites excluding steroid dienone is 2. The largest absolute Gasteiger partial charge is 0.475 e. The van der Waals surface area contributed by atoms with Crippen LogP contribution in [-0.2, 0) is 46.6 Å². The number of hydrogen-bond acceptors (Lipinski definition) is 10. The van der Waals surface area contributed by atoms with E-state index < -0.39 is 38.5 Å². The van der Waals surface area contributed by atoms with Crippen LogP contribution >= 0.6 is 7.82 Å². The van der Waals surface area contributed by atoms with Crippen LogP contribution in [0.5, 0.6) is 0 Å². The van der Waals surface area contributed by atoms with E-state index in [2.05, 4.69) is 44.5 Å². The van der Waals surface area contributed by atoms with Gasteiger partial charge >= 0.3 is 7.82 Å². The van der Waals surface area contributed by atoms with E-state index in [1.165, 1.54) is 103 Å². The molecular formula is C43H80NO10P. The van der Waals surface area contributed by atoms with Crippen molar-refractivity contribution >= 4 is 13.7 Å². The van der Waals surface area contributed by atoms with Gasteiger partial charge in [-0.3, -0.25) is 18.4 Å². The molecule has 1 aliphatic rings. The van der Waals surface area contributed by atoms with Crippen LogP contribution in [0.3, 0.4) is 0 Å². The summed E-state index contributed by atoms with van der Waals surface area (Å²) in [4.78, 5) is 13.5. The van der Waals surface area contributed by atoms with E-state index in [4.69, 9.17) is 37.3 Å². The number of phosphoric acid groups is 1. The number of carbonyl (C=O) groups is 1. The highest BCUT2D eigenvalue weighted by Crippen LogP contribution is 2.52. The number of nitrogens with one attached hydrogen (secondary N) is 1. The predicted octanol–water partition coefficient (Wildman–Crippen LogP) is 10.6. The van der Waals surface area contributed by atoms with Gasteiger partial charge in [-0.25, -0.2) is 4.57 Å². The Balaban J connectivity index is 2.93. The van der Waals surface area contributed by atoms with Gasteiger partial charge in [0.2, 0.25) is 5.91 Å². The molecule has 0 bridgehead atoms. The molecule has 0 aliphatic carbocycles.